The molecule has 4 heteroatoms. The lowest BCUT2D eigenvalue weighted by Crippen LogP contribution is -2.21. The van der Waals surface area contributed by atoms with Gasteiger partial charge >= 0.3 is 0 Å². The lowest BCUT2D eigenvalue weighted by Gasteiger charge is -2.07. The first-order chi connectivity index (χ1) is 9.24. The van der Waals surface area contributed by atoms with E-state index in [1.807, 2.05) is 42.5 Å². The summed E-state index contributed by atoms with van der Waals surface area (Å²) in [6.45, 7) is 0.469. The van der Waals surface area contributed by atoms with E-state index in [1.54, 1.807) is 17.0 Å². The first-order valence-electron chi connectivity index (χ1n) is 5.93. The SMILES string of the molecule is O=c1c2ccccc2ncn1Cc1cccc(Cl)c1. The fourth-order valence-corrected chi connectivity index (χ4v) is 2.26. The standard InChI is InChI=1S/C15H11ClN2O/c16-12-5-3-4-11(8-12)9-18-10-17-14-7-2-1-6-13(14)15(18)19/h1-8,10H,9H2. The van der Waals surface area contributed by atoms with Gasteiger partial charge in [-0.1, -0.05) is 35.9 Å². The van der Waals surface area contributed by atoms with Crippen LogP contribution < -0.4 is 5.56 Å². The number of fused-ring (bicyclic) bond motifs is 1. The number of rotatable bonds is 2. The van der Waals surface area contributed by atoms with Crippen molar-refractivity contribution < 1.29 is 0 Å². The minimum absolute atomic E-state index is 0.0365. The fourth-order valence-electron chi connectivity index (χ4n) is 2.05. The van der Waals surface area contributed by atoms with Crippen molar-refractivity contribution in [1.82, 2.24) is 9.55 Å². The highest BCUT2D eigenvalue weighted by atomic mass is 35.5. The Morgan fingerprint density at radius 3 is 2.79 bits per heavy atom. The molecule has 0 N–H and O–H groups in total. The first kappa shape index (κ1) is 11.9. The molecule has 3 nitrogen and oxygen atoms in total. The number of aromatic nitrogens is 2. The number of nitrogens with zero attached hydrogens (tertiary/aromatic N) is 2. The first-order valence-corrected chi connectivity index (χ1v) is 6.30. The highest BCUT2D eigenvalue weighted by Gasteiger charge is 2.04. The maximum atomic E-state index is 12.3. The van der Waals surface area contributed by atoms with Gasteiger partial charge in [-0.3, -0.25) is 9.36 Å². The zero-order chi connectivity index (χ0) is 13.2. The van der Waals surface area contributed by atoms with E-state index >= 15 is 0 Å². The van der Waals surface area contributed by atoms with Crippen molar-refractivity contribution in [2.24, 2.45) is 0 Å². The predicted octanol–water partition coefficient (Wildman–Crippen LogP) is 3.10. The molecule has 94 valence electrons. The van der Waals surface area contributed by atoms with Gasteiger partial charge in [0.25, 0.3) is 5.56 Å². The van der Waals surface area contributed by atoms with Crippen molar-refractivity contribution in [2.75, 3.05) is 0 Å². The second-order valence-electron chi connectivity index (χ2n) is 4.32. The second-order valence-corrected chi connectivity index (χ2v) is 4.76. The molecule has 0 aliphatic rings. The molecule has 0 radical (unpaired) electrons. The summed E-state index contributed by atoms with van der Waals surface area (Å²) < 4.78 is 1.59. The lowest BCUT2D eigenvalue weighted by molar-refractivity contribution is 0.748. The van der Waals surface area contributed by atoms with Crippen molar-refractivity contribution in [3.8, 4) is 0 Å². The van der Waals surface area contributed by atoms with Crippen LogP contribution in [0.3, 0.4) is 0 Å². The summed E-state index contributed by atoms with van der Waals surface area (Å²) in [7, 11) is 0. The van der Waals surface area contributed by atoms with Gasteiger partial charge in [0.05, 0.1) is 23.8 Å². The summed E-state index contributed by atoms with van der Waals surface area (Å²) in [5.74, 6) is 0. The number of hydrogen-bond donors (Lipinski definition) is 0. The van der Waals surface area contributed by atoms with Crippen molar-refractivity contribution in [3.05, 3.63) is 75.8 Å². The largest absolute Gasteiger partial charge is 0.294 e. The fraction of sp³-hybridized carbons (Fsp3) is 0.0667. The normalized spacial score (nSPS) is 10.8. The molecule has 2 aromatic carbocycles. The molecule has 3 rings (SSSR count). The maximum absolute atomic E-state index is 12.3. The Kier molecular flexibility index (Phi) is 3.05. The van der Waals surface area contributed by atoms with E-state index in [-0.39, 0.29) is 5.56 Å². The van der Waals surface area contributed by atoms with Crippen LogP contribution in [0.5, 0.6) is 0 Å². The minimum atomic E-state index is -0.0365. The van der Waals surface area contributed by atoms with Gasteiger partial charge in [0.15, 0.2) is 0 Å². The quantitative estimate of drug-likeness (QED) is 0.717. The summed E-state index contributed by atoms with van der Waals surface area (Å²) in [5.41, 5.74) is 1.66. The van der Waals surface area contributed by atoms with Crippen LogP contribution >= 0.6 is 11.6 Å². The smallest absolute Gasteiger partial charge is 0.261 e. The Morgan fingerprint density at radius 2 is 1.95 bits per heavy atom. The molecule has 0 saturated carbocycles. The van der Waals surface area contributed by atoms with Crippen LogP contribution in [0.4, 0.5) is 0 Å². The van der Waals surface area contributed by atoms with E-state index in [9.17, 15) is 4.79 Å². The van der Waals surface area contributed by atoms with E-state index in [4.69, 9.17) is 11.6 Å². The zero-order valence-electron chi connectivity index (χ0n) is 10.1. The maximum Gasteiger partial charge on any atom is 0.261 e. The number of hydrogen-bond acceptors (Lipinski definition) is 2. The molecule has 0 atom stereocenters. The Labute approximate surface area is 115 Å². The van der Waals surface area contributed by atoms with E-state index < -0.39 is 0 Å². The Hall–Kier alpha value is -2.13. The average Bonchev–Trinajstić information content (AvgIpc) is 2.42. The molecule has 0 fully saturated rings. The molecule has 0 bridgehead atoms. The van der Waals surface area contributed by atoms with Crippen molar-refractivity contribution >= 4 is 22.5 Å². The van der Waals surface area contributed by atoms with Gasteiger partial charge in [-0.15, -0.1) is 0 Å². The van der Waals surface area contributed by atoms with Crippen LogP contribution in [0.1, 0.15) is 5.56 Å². The molecule has 19 heavy (non-hydrogen) atoms. The van der Waals surface area contributed by atoms with Crippen LogP contribution in [-0.2, 0) is 6.54 Å². The van der Waals surface area contributed by atoms with Crippen LogP contribution in [0.15, 0.2) is 59.7 Å². The average molecular weight is 271 g/mol. The Bertz CT molecular complexity index is 795. The van der Waals surface area contributed by atoms with Gasteiger partial charge in [0.2, 0.25) is 0 Å². The van der Waals surface area contributed by atoms with E-state index in [2.05, 4.69) is 4.98 Å². The van der Waals surface area contributed by atoms with Crippen LogP contribution in [0.2, 0.25) is 5.02 Å². The van der Waals surface area contributed by atoms with Crippen molar-refractivity contribution in [2.45, 2.75) is 6.54 Å². The lowest BCUT2D eigenvalue weighted by atomic mass is 10.2. The van der Waals surface area contributed by atoms with Gasteiger partial charge in [-0.2, -0.15) is 0 Å². The molecule has 0 aliphatic heterocycles. The van der Waals surface area contributed by atoms with Gasteiger partial charge in [-0.25, -0.2) is 4.98 Å². The van der Waals surface area contributed by atoms with Gasteiger partial charge < -0.3 is 0 Å². The molecule has 0 spiro atoms. The predicted molar refractivity (Wildman–Crippen MR) is 76.6 cm³/mol. The Balaban J connectivity index is 2.06. The van der Waals surface area contributed by atoms with Crippen molar-refractivity contribution in [1.29, 1.82) is 0 Å². The summed E-state index contributed by atoms with van der Waals surface area (Å²) in [4.78, 5) is 16.6. The summed E-state index contributed by atoms with van der Waals surface area (Å²) >= 11 is 5.94. The van der Waals surface area contributed by atoms with E-state index in [0.29, 0.717) is 17.0 Å². The van der Waals surface area contributed by atoms with E-state index in [0.717, 1.165) is 11.1 Å². The van der Waals surface area contributed by atoms with Gasteiger partial charge in [0, 0.05) is 5.02 Å². The van der Waals surface area contributed by atoms with Gasteiger partial charge in [-0.05, 0) is 29.8 Å². The van der Waals surface area contributed by atoms with Crippen LogP contribution in [-0.4, -0.2) is 9.55 Å². The zero-order valence-corrected chi connectivity index (χ0v) is 10.8. The number of para-hydroxylation sites is 1. The summed E-state index contributed by atoms with van der Waals surface area (Å²) in [6.07, 6.45) is 1.57. The topological polar surface area (TPSA) is 34.9 Å². The summed E-state index contributed by atoms with van der Waals surface area (Å²) in [6, 6.07) is 14.8. The van der Waals surface area contributed by atoms with Crippen LogP contribution in [0.25, 0.3) is 10.9 Å². The molecular formula is C15H11ClN2O. The van der Waals surface area contributed by atoms with Gasteiger partial charge in [0.1, 0.15) is 0 Å². The Morgan fingerprint density at radius 1 is 1.11 bits per heavy atom. The molecular weight excluding hydrogens is 260 g/mol. The molecule has 1 aromatic heterocycles. The highest BCUT2D eigenvalue weighted by Crippen LogP contribution is 2.12. The second kappa shape index (κ2) is 4.86. The third-order valence-electron chi connectivity index (χ3n) is 2.97. The number of benzene rings is 2. The number of halogens is 1. The molecule has 0 amide bonds. The molecule has 1 heterocycles. The third kappa shape index (κ3) is 2.37. The molecule has 0 unspecified atom stereocenters. The minimum Gasteiger partial charge on any atom is -0.294 e. The highest BCUT2D eigenvalue weighted by molar-refractivity contribution is 6.30. The summed E-state index contributed by atoms with van der Waals surface area (Å²) in [5, 5.41) is 1.30. The monoisotopic (exact) mass is 270 g/mol. The van der Waals surface area contributed by atoms with Crippen LogP contribution in [0, 0.1) is 0 Å². The molecule has 0 aliphatic carbocycles. The van der Waals surface area contributed by atoms with Crippen molar-refractivity contribution in [3.63, 3.8) is 0 Å². The van der Waals surface area contributed by atoms with E-state index in [1.165, 1.54) is 0 Å². The molecule has 3 aromatic rings. The third-order valence-corrected chi connectivity index (χ3v) is 3.21. The molecule has 0 saturated heterocycles.